The molecule has 4 aromatic carbocycles. The van der Waals surface area contributed by atoms with Gasteiger partial charge in [0, 0.05) is 59.7 Å². The lowest BCUT2D eigenvalue weighted by Crippen LogP contribution is -2.54. The van der Waals surface area contributed by atoms with Crippen molar-refractivity contribution in [1.82, 2.24) is 20.5 Å². The lowest BCUT2D eigenvalue weighted by molar-refractivity contribution is -0.384. The van der Waals surface area contributed by atoms with Gasteiger partial charge < -0.3 is 20.4 Å². The average Bonchev–Trinajstić information content (AvgIpc) is 3.91. The first-order valence-electron chi connectivity index (χ1n) is 19.7. The number of pyridine rings is 1. The molecule has 2 aromatic heterocycles. The molecule has 0 radical (unpaired) electrons. The highest BCUT2D eigenvalue weighted by Gasteiger charge is 2.44. The Morgan fingerprint density at radius 1 is 0.742 bits per heavy atom. The zero-order chi connectivity index (χ0) is 43.3. The number of rotatable bonds is 14. The summed E-state index contributed by atoms with van der Waals surface area (Å²) < 4.78 is 5.60. The molecule has 16 nitrogen and oxygen atoms in total. The zero-order valence-electron chi connectivity index (χ0n) is 32.9. The number of nitrogens with zero attached hydrogens (tertiary/aromatic N) is 3. The number of nitro groups is 1. The maximum absolute atomic E-state index is 13.2. The second-order valence-corrected chi connectivity index (χ2v) is 14.6. The van der Waals surface area contributed by atoms with Gasteiger partial charge in [0.25, 0.3) is 29.3 Å². The molecular formula is C46H37N7O9. The summed E-state index contributed by atoms with van der Waals surface area (Å²) in [5.41, 5.74) is 5.81. The van der Waals surface area contributed by atoms with Crippen molar-refractivity contribution in [2.24, 2.45) is 0 Å². The summed E-state index contributed by atoms with van der Waals surface area (Å²) in [6, 6.07) is 30.8. The molecule has 0 saturated carbocycles. The molecule has 1 unspecified atom stereocenters. The van der Waals surface area contributed by atoms with E-state index in [1.807, 2.05) is 24.3 Å². The molecule has 2 aliphatic rings. The molecule has 62 heavy (non-hydrogen) atoms. The van der Waals surface area contributed by atoms with Gasteiger partial charge in [-0.1, -0.05) is 12.1 Å². The van der Waals surface area contributed by atoms with E-state index in [0.717, 1.165) is 16.0 Å². The van der Waals surface area contributed by atoms with E-state index in [0.29, 0.717) is 71.1 Å². The van der Waals surface area contributed by atoms with E-state index in [9.17, 15) is 38.9 Å². The van der Waals surface area contributed by atoms with Crippen LogP contribution >= 0.6 is 0 Å². The van der Waals surface area contributed by atoms with Gasteiger partial charge in [0.1, 0.15) is 11.7 Å². The Kier molecular flexibility index (Phi) is 11.4. The fourth-order valence-corrected chi connectivity index (χ4v) is 7.24. The Bertz CT molecular complexity index is 2730. The van der Waals surface area contributed by atoms with E-state index in [4.69, 9.17) is 9.40 Å². The Hall–Kier alpha value is -8.27. The van der Waals surface area contributed by atoms with Gasteiger partial charge in [0.2, 0.25) is 11.8 Å². The summed E-state index contributed by atoms with van der Waals surface area (Å²) in [6.45, 7) is 0.946. The molecule has 4 N–H and O–H groups in total. The molecule has 8 rings (SSSR count). The number of benzene rings is 4. The van der Waals surface area contributed by atoms with E-state index < -0.39 is 34.6 Å². The molecule has 4 heterocycles. The fourth-order valence-electron chi connectivity index (χ4n) is 7.24. The van der Waals surface area contributed by atoms with Gasteiger partial charge in [-0.05, 0) is 121 Å². The van der Waals surface area contributed by atoms with Crippen LogP contribution in [0.1, 0.15) is 67.1 Å². The summed E-state index contributed by atoms with van der Waals surface area (Å²) in [6.07, 6.45) is 3.03. The maximum atomic E-state index is 13.2. The zero-order valence-corrected chi connectivity index (χ0v) is 32.9. The molecule has 1 saturated heterocycles. The highest BCUT2D eigenvalue weighted by molar-refractivity contribution is 6.23. The number of unbranched alkanes of at least 4 members (excludes halogenated alkanes) is 1. The van der Waals surface area contributed by atoms with Crippen LogP contribution in [0.5, 0.6) is 0 Å². The highest BCUT2D eigenvalue weighted by atomic mass is 16.6. The quantitative estimate of drug-likeness (QED) is 0.0384. The molecule has 6 amide bonds. The number of imide groups is 2. The van der Waals surface area contributed by atoms with Gasteiger partial charge in [-0.2, -0.15) is 0 Å². The third-order valence-corrected chi connectivity index (χ3v) is 10.5. The van der Waals surface area contributed by atoms with E-state index >= 15 is 0 Å². The van der Waals surface area contributed by atoms with Gasteiger partial charge in [-0.15, -0.1) is 0 Å². The Morgan fingerprint density at radius 3 is 2.11 bits per heavy atom. The van der Waals surface area contributed by atoms with Crippen molar-refractivity contribution < 1.29 is 38.1 Å². The molecule has 310 valence electrons. The molecule has 0 spiro atoms. The molecule has 1 fully saturated rings. The molecule has 0 aliphatic carbocycles. The van der Waals surface area contributed by atoms with Crippen LogP contribution in [-0.4, -0.2) is 69.4 Å². The summed E-state index contributed by atoms with van der Waals surface area (Å²) >= 11 is 0. The predicted octanol–water partition coefficient (Wildman–Crippen LogP) is 6.86. The Morgan fingerprint density at radius 2 is 1.40 bits per heavy atom. The van der Waals surface area contributed by atoms with Crippen LogP contribution in [-0.2, 0) is 9.59 Å². The van der Waals surface area contributed by atoms with Crippen molar-refractivity contribution >= 4 is 52.5 Å². The lowest BCUT2D eigenvalue weighted by atomic mass is 10.00. The van der Waals surface area contributed by atoms with E-state index in [2.05, 4.69) is 21.3 Å². The van der Waals surface area contributed by atoms with Crippen molar-refractivity contribution in [3.05, 3.63) is 154 Å². The van der Waals surface area contributed by atoms with Gasteiger partial charge in [-0.3, -0.25) is 49.1 Å². The van der Waals surface area contributed by atoms with Crippen molar-refractivity contribution in [1.29, 1.82) is 0 Å². The molecular weight excluding hydrogens is 795 g/mol. The number of fused-ring (bicyclic) bond motifs is 1. The van der Waals surface area contributed by atoms with E-state index in [1.165, 1.54) is 12.1 Å². The van der Waals surface area contributed by atoms with Crippen molar-refractivity contribution in [2.45, 2.75) is 31.7 Å². The number of non-ortho nitro benzene ring substituents is 1. The van der Waals surface area contributed by atoms with Crippen LogP contribution in [0.25, 0.3) is 33.8 Å². The van der Waals surface area contributed by atoms with Gasteiger partial charge in [0.15, 0.2) is 5.76 Å². The van der Waals surface area contributed by atoms with Crippen LogP contribution < -0.4 is 21.3 Å². The van der Waals surface area contributed by atoms with Crippen LogP contribution in [0, 0.1) is 10.1 Å². The number of anilines is 2. The normalized spacial score (nSPS) is 14.6. The predicted molar refractivity (Wildman–Crippen MR) is 227 cm³/mol. The molecule has 6 aromatic rings. The van der Waals surface area contributed by atoms with Crippen LogP contribution in [0.4, 0.5) is 17.1 Å². The standard InChI is InChI=1S/C46H37N7O9/c54-41-20-19-39(44(57)51-41)52-45(58)35-18-15-33(26-36(35)46(52)59)47-21-1-2-22-48-42(55)29-9-13-32(14-10-29)49-43(56)30-7-5-27(6-8-30)31-24-37(28-11-16-34(17-12-28)53(60)61)50-38(25-31)40-4-3-23-62-40/h3-18,23-26,39,47H,1-2,19-22H2,(H,48,55)(H,49,56)(H,51,54,57). The van der Waals surface area contributed by atoms with Gasteiger partial charge in [0.05, 0.1) is 28.0 Å². The first kappa shape index (κ1) is 40.5. The second-order valence-electron chi connectivity index (χ2n) is 14.6. The first-order chi connectivity index (χ1) is 30.0. The number of aromatic nitrogens is 1. The number of nitrogens with one attached hydrogen (secondary N) is 4. The van der Waals surface area contributed by atoms with Crippen LogP contribution in [0.15, 0.2) is 126 Å². The maximum Gasteiger partial charge on any atom is 0.269 e. The number of nitro benzene ring substituents is 1. The minimum atomic E-state index is -1.03. The summed E-state index contributed by atoms with van der Waals surface area (Å²) in [4.78, 5) is 92.3. The monoisotopic (exact) mass is 831 g/mol. The topological polar surface area (TPSA) is 223 Å². The minimum Gasteiger partial charge on any atom is -0.463 e. The minimum absolute atomic E-state index is 0.0256. The SMILES string of the molecule is O=C1CCC(N2C(=O)c3ccc(NCCCCNC(=O)c4ccc(NC(=O)c5ccc(-c6cc(-c7ccc([N+](=O)[O-])cc7)nc(-c7ccco7)c6)cc5)cc4)cc3C2=O)C(=O)N1. The highest BCUT2D eigenvalue weighted by Crippen LogP contribution is 2.32. The van der Waals surface area contributed by atoms with Gasteiger partial charge in [-0.25, -0.2) is 4.98 Å². The number of carbonyl (C=O) groups is 6. The number of furan rings is 1. The average molecular weight is 832 g/mol. The summed E-state index contributed by atoms with van der Waals surface area (Å²) in [5, 5.41) is 22.3. The van der Waals surface area contributed by atoms with Crippen LogP contribution in [0.2, 0.25) is 0 Å². The second kappa shape index (κ2) is 17.5. The molecule has 2 aliphatic heterocycles. The summed E-state index contributed by atoms with van der Waals surface area (Å²) in [5.74, 6) is -2.28. The molecule has 1 atom stereocenters. The van der Waals surface area contributed by atoms with Crippen molar-refractivity contribution in [3.8, 4) is 33.8 Å². The summed E-state index contributed by atoms with van der Waals surface area (Å²) in [7, 11) is 0. The smallest absolute Gasteiger partial charge is 0.269 e. The third kappa shape index (κ3) is 8.70. The molecule has 0 bridgehead atoms. The van der Waals surface area contributed by atoms with Crippen molar-refractivity contribution in [3.63, 3.8) is 0 Å². The van der Waals surface area contributed by atoms with Crippen LogP contribution in [0.3, 0.4) is 0 Å². The Labute approximate surface area is 353 Å². The van der Waals surface area contributed by atoms with E-state index in [1.54, 1.807) is 85.1 Å². The number of amides is 6. The van der Waals surface area contributed by atoms with E-state index in [-0.39, 0.29) is 41.5 Å². The fraction of sp³-hybridized carbons (Fsp3) is 0.152. The number of hydrogen-bond acceptors (Lipinski definition) is 11. The van der Waals surface area contributed by atoms with Crippen molar-refractivity contribution in [2.75, 3.05) is 23.7 Å². The number of hydrogen-bond donors (Lipinski definition) is 4. The molecule has 16 heteroatoms. The largest absolute Gasteiger partial charge is 0.463 e. The number of piperidine rings is 1. The first-order valence-corrected chi connectivity index (χ1v) is 19.7. The lowest BCUT2D eigenvalue weighted by Gasteiger charge is -2.27. The third-order valence-electron chi connectivity index (χ3n) is 10.5. The number of carbonyl (C=O) groups excluding carboxylic acids is 6. The van der Waals surface area contributed by atoms with Gasteiger partial charge >= 0.3 is 0 Å². The Balaban J connectivity index is 0.805.